The minimum atomic E-state index is -3.68. The van der Waals surface area contributed by atoms with E-state index in [2.05, 4.69) is 5.32 Å². The van der Waals surface area contributed by atoms with Crippen LogP contribution in [0.15, 0.2) is 65.6 Å². The minimum absolute atomic E-state index is 0.104. The van der Waals surface area contributed by atoms with Crippen LogP contribution in [0.25, 0.3) is 0 Å². The summed E-state index contributed by atoms with van der Waals surface area (Å²) in [5.41, 5.74) is 2.88. The first-order chi connectivity index (χ1) is 15.8. The molecule has 6 nitrogen and oxygen atoms in total. The fourth-order valence-electron chi connectivity index (χ4n) is 3.14. The number of ether oxygens (including phenoxy) is 2. The molecule has 0 aliphatic carbocycles. The molecule has 176 valence electrons. The lowest BCUT2D eigenvalue weighted by Crippen LogP contribution is -2.17. The van der Waals surface area contributed by atoms with Crippen LogP contribution in [-0.2, 0) is 29.6 Å². The number of nitrogens with one attached hydrogen (secondary N) is 1. The average Bonchev–Trinajstić information content (AvgIpc) is 2.78. The van der Waals surface area contributed by atoms with Crippen molar-refractivity contribution >= 4 is 33.2 Å². The van der Waals surface area contributed by atoms with E-state index >= 15 is 0 Å². The van der Waals surface area contributed by atoms with Gasteiger partial charge in [-0.15, -0.1) is 0 Å². The highest BCUT2D eigenvalue weighted by Gasteiger charge is 2.12. The van der Waals surface area contributed by atoms with Crippen LogP contribution in [0.1, 0.15) is 23.6 Å². The van der Waals surface area contributed by atoms with Crippen molar-refractivity contribution in [2.75, 3.05) is 13.2 Å². The molecular formula is C24H26Cl2N2O4S. The summed E-state index contributed by atoms with van der Waals surface area (Å²) in [6.45, 7) is 4.02. The van der Waals surface area contributed by atoms with Gasteiger partial charge in [-0.05, 0) is 66.9 Å². The van der Waals surface area contributed by atoms with E-state index in [4.69, 9.17) is 37.8 Å². The van der Waals surface area contributed by atoms with E-state index in [0.29, 0.717) is 47.8 Å². The van der Waals surface area contributed by atoms with Crippen LogP contribution in [0.3, 0.4) is 0 Å². The number of benzene rings is 3. The molecule has 3 aromatic rings. The van der Waals surface area contributed by atoms with E-state index < -0.39 is 10.0 Å². The fraction of sp³-hybridized carbons (Fsp3) is 0.250. The molecule has 0 aliphatic rings. The van der Waals surface area contributed by atoms with E-state index in [0.717, 1.165) is 23.1 Å². The van der Waals surface area contributed by atoms with Crippen molar-refractivity contribution in [3.63, 3.8) is 0 Å². The van der Waals surface area contributed by atoms with Crippen molar-refractivity contribution in [2.45, 2.75) is 31.4 Å². The van der Waals surface area contributed by atoms with Crippen LogP contribution in [-0.4, -0.2) is 21.6 Å². The van der Waals surface area contributed by atoms with Crippen molar-refractivity contribution in [3.8, 4) is 11.5 Å². The normalized spacial score (nSPS) is 11.4. The van der Waals surface area contributed by atoms with Gasteiger partial charge in [0.15, 0.2) is 11.5 Å². The molecule has 0 amide bonds. The number of hydrogen-bond donors (Lipinski definition) is 2. The van der Waals surface area contributed by atoms with E-state index in [1.807, 2.05) is 37.3 Å². The molecule has 3 rings (SSSR count). The van der Waals surface area contributed by atoms with Gasteiger partial charge in [-0.3, -0.25) is 0 Å². The third kappa shape index (κ3) is 7.62. The first-order valence-corrected chi connectivity index (χ1v) is 12.7. The molecule has 0 bridgehead atoms. The van der Waals surface area contributed by atoms with Crippen LogP contribution in [0.2, 0.25) is 10.0 Å². The summed E-state index contributed by atoms with van der Waals surface area (Å²) in [6, 6.07) is 17.7. The van der Waals surface area contributed by atoms with Gasteiger partial charge < -0.3 is 14.8 Å². The largest absolute Gasteiger partial charge is 0.490 e. The Hall–Kier alpha value is -2.29. The van der Waals surface area contributed by atoms with Gasteiger partial charge in [-0.25, -0.2) is 13.6 Å². The first-order valence-electron chi connectivity index (χ1n) is 10.4. The Bertz CT molecular complexity index is 1170. The zero-order valence-electron chi connectivity index (χ0n) is 18.2. The molecule has 33 heavy (non-hydrogen) atoms. The molecule has 3 N–H and O–H groups in total. The van der Waals surface area contributed by atoms with E-state index in [1.54, 1.807) is 18.2 Å². The van der Waals surface area contributed by atoms with Crippen LogP contribution in [0.4, 0.5) is 0 Å². The van der Waals surface area contributed by atoms with Crippen LogP contribution < -0.4 is 19.9 Å². The van der Waals surface area contributed by atoms with E-state index in [9.17, 15) is 8.42 Å². The SMILES string of the molecule is CCOc1cc(CNCCc2ccc(S(N)(=O)=O)cc2)c(Cl)cc1OCc1ccc(Cl)cc1. The predicted molar refractivity (Wildman–Crippen MR) is 132 cm³/mol. The second-order valence-electron chi connectivity index (χ2n) is 7.35. The summed E-state index contributed by atoms with van der Waals surface area (Å²) in [4.78, 5) is 0.104. The van der Waals surface area contributed by atoms with Gasteiger partial charge >= 0.3 is 0 Å². The first kappa shape index (κ1) is 25.3. The monoisotopic (exact) mass is 508 g/mol. The number of sulfonamides is 1. The van der Waals surface area contributed by atoms with Crippen LogP contribution in [0.5, 0.6) is 11.5 Å². The molecule has 0 aliphatic heterocycles. The molecule has 0 atom stereocenters. The third-order valence-corrected chi connectivity index (χ3v) is 6.41. The Morgan fingerprint density at radius 1 is 0.909 bits per heavy atom. The molecule has 0 radical (unpaired) electrons. The Morgan fingerprint density at radius 2 is 1.55 bits per heavy atom. The standard InChI is InChI=1S/C24H26Cl2N2O4S/c1-2-31-23-13-19(15-28-12-11-17-5-9-21(10-6-17)33(27,29)30)22(26)14-24(23)32-16-18-3-7-20(25)8-4-18/h3-10,13-14,28H,2,11-12,15-16H2,1H3,(H2,27,29,30). The maximum atomic E-state index is 11.3. The number of hydrogen-bond acceptors (Lipinski definition) is 5. The van der Waals surface area contributed by atoms with Gasteiger partial charge in [-0.1, -0.05) is 47.5 Å². The van der Waals surface area contributed by atoms with Crippen molar-refractivity contribution < 1.29 is 17.9 Å². The zero-order valence-corrected chi connectivity index (χ0v) is 20.5. The highest BCUT2D eigenvalue weighted by atomic mass is 35.5. The van der Waals surface area contributed by atoms with Gasteiger partial charge in [0.05, 0.1) is 11.5 Å². The van der Waals surface area contributed by atoms with Gasteiger partial charge in [0.1, 0.15) is 6.61 Å². The average molecular weight is 509 g/mol. The van der Waals surface area contributed by atoms with Crippen molar-refractivity contribution in [1.82, 2.24) is 5.32 Å². The van der Waals surface area contributed by atoms with Gasteiger partial charge in [-0.2, -0.15) is 0 Å². The Labute approximate surface area is 204 Å². The molecule has 0 unspecified atom stereocenters. The van der Waals surface area contributed by atoms with Crippen molar-refractivity contribution in [1.29, 1.82) is 0 Å². The number of rotatable bonds is 11. The van der Waals surface area contributed by atoms with Crippen LogP contribution >= 0.6 is 23.2 Å². The molecule has 0 aromatic heterocycles. The number of primary sulfonamides is 1. The second-order valence-corrected chi connectivity index (χ2v) is 9.76. The van der Waals surface area contributed by atoms with Crippen molar-refractivity contribution in [3.05, 3.63) is 87.4 Å². The van der Waals surface area contributed by atoms with Gasteiger partial charge in [0, 0.05) is 22.7 Å². The van der Waals surface area contributed by atoms with Crippen LogP contribution in [0, 0.1) is 0 Å². The summed E-state index contributed by atoms with van der Waals surface area (Å²) >= 11 is 12.4. The summed E-state index contributed by atoms with van der Waals surface area (Å²) in [5, 5.41) is 9.73. The highest BCUT2D eigenvalue weighted by Crippen LogP contribution is 2.34. The summed E-state index contributed by atoms with van der Waals surface area (Å²) < 4.78 is 34.4. The highest BCUT2D eigenvalue weighted by molar-refractivity contribution is 7.89. The summed E-state index contributed by atoms with van der Waals surface area (Å²) in [7, 11) is -3.68. The summed E-state index contributed by atoms with van der Waals surface area (Å²) in [6.07, 6.45) is 0.725. The Balaban J connectivity index is 1.58. The number of halogens is 2. The molecule has 3 aromatic carbocycles. The molecule has 0 saturated carbocycles. The Kier molecular flexibility index (Phi) is 9.00. The van der Waals surface area contributed by atoms with E-state index in [1.165, 1.54) is 12.1 Å². The summed E-state index contributed by atoms with van der Waals surface area (Å²) in [5.74, 6) is 1.21. The molecule has 0 spiro atoms. The molecular weight excluding hydrogens is 483 g/mol. The topological polar surface area (TPSA) is 90.6 Å². The quantitative estimate of drug-likeness (QED) is 0.357. The lowest BCUT2D eigenvalue weighted by atomic mass is 10.1. The number of nitrogens with two attached hydrogens (primary N) is 1. The maximum absolute atomic E-state index is 11.3. The zero-order chi connectivity index (χ0) is 23.8. The molecule has 9 heteroatoms. The van der Waals surface area contributed by atoms with E-state index in [-0.39, 0.29) is 4.90 Å². The van der Waals surface area contributed by atoms with Gasteiger partial charge in [0.25, 0.3) is 0 Å². The molecule has 0 fully saturated rings. The Morgan fingerprint density at radius 3 is 2.18 bits per heavy atom. The predicted octanol–water partition coefficient (Wildman–Crippen LogP) is 4.95. The lowest BCUT2D eigenvalue weighted by Gasteiger charge is -2.15. The molecule has 0 saturated heterocycles. The van der Waals surface area contributed by atoms with Gasteiger partial charge in [0.2, 0.25) is 10.0 Å². The third-order valence-electron chi connectivity index (χ3n) is 4.88. The smallest absolute Gasteiger partial charge is 0.238 e. The molecule has 0 heterocycles. The fourth-order valence-corrected chi connectivity index (χ4v) is 4.00. The minimum Gasteiger partial charge on any atom is -0.490 e. The van der Waals surface area contributed by atoms with Crippen molar-refractivity contribution in [2.24, 2.45) is 5.14 Å². The second kappa shape index (κ2) is 11.7. The lowest BCUT2D eigenvalue weighted by molar-refractivity contribution is 0.269. The maximum Gasteiger partial charge on any atom is 0.238 e.